The zero-order valence-corrected chi connectivity index (χ0v) is 19.1. The first-order valence-electron chi connectivity index (χ1n) is 10.9. The summed E-state index contributed by atoms with van der Waals surface area (Å²) in [5.74, 6) is 0. The summed E-state index contributed by atoms with van der Waals surface area (Å²) < 4.78 is 78.8. The number of benzene rings is 2. The fourth-order valence-electron chi connectivity index (χ4n) is 3.06. The highest BCUT2D eigenvalue weighted by molar-refractivity contribution is 5.91. The van der Waals surface area contributed by atoms with Crippen LogP contribution in [-0.4, -0.2) is 4.98 Å². The molecule has 0 atom stereocenters. The van der Waals surface area contributed by atoms with Gasteiger partial charge in [-0.3, -0.25) is 0 Å². The minimum atomic E-state index is -4.87. The molecule has 32 heavy (non-hydrogen) atoms. The first kappa shape index (κ1) is 27.6. The van der Waals surface area contributed by atoms with Crippen molar-refractivity contribution in [3.05, 3.63) is 59.2 Å². The molecular weight excluding hydrogens is 428 g/mol. The fraction of sp³-hybridized carbons (Fsp3) is 0.440. The van der Waals surface area contributed by atoms with Crippen LogP contribution in [0.1, 0.15) is 70.6 Å². The third kappa shape index (κ3) is 7.04. The minimum Gasteiger partial charge on any atom is -0.354 e. The van der Waals surface area contributed by atoms with Gasteiger partial charge in [-0.1, -0.05) is 72.1 Å². The Morgan fingerprint density at radius 2 is 1.22 bits per heavy atom. The summed E-state index contributed by atoms with van der Waals surface area (Å²) in [6.45, 7) is 10.3. The molecule has 1 aromatic heterocycles. The normalized spacial score (nSPS) is 11.5. The number of H-pyrrole nitrogens is 1. The van der Waals surface area contributed by atoms with E-state index in [9.17, 15) is 26.3 Å². The van der Waals surface area contributed by atoms with Crippen LogP contribution in [0.2, 0.25) is 0 Å². The highest BCUT2D eigenvalue weighted by Gasteiger charge is 2.37. The van der Waals surface area contributed by atoms with Crippen LogP contribution in [0.4, 0.5) is 26.3 Å². The first-order chi connectivity index (χ1) is 15.0. The van der Waals surface area contributed by atoms with E-state index in [1.165, 1.54) is 12.8 Å². The molecule has 0 aliphatic rings. The third-order valence-corrected chi connectivity index (χ3v) is 4.69. The smallest absolute Gasteiger partial charge is 0.354 e. The number of unbranched alkanes of at least 4 members (excludes halogenated alkanes) is 1. The summed E-state index contributed by atoms with van der Waals surface area (Å²) in [4.78, 5) is 2.99. The number of aryl methyl sites for hydroxylation is 1. The molecule has 0 spiro atoms. The number of aromatic nitrogens is 1. The molecule has 1 N–H and O–H groups in total. The molecule has 0 fully saturated rings. The summed E-state index contributed by atoms with van der Waals surface area (Å²) in [7, 11) is 0. The van der Waals surface area contributed by atoms with Crippen molar-refractivity contribution < 1.29 is 26.3 Å². The Morgan fingerprint density at radius 1 is 0.719 bits per heavy atom. The molecule has 3 rings (SSSR count). The van der Waals surface area contributed by atoms with E-state index in [-0.39, 0.29) is 11.6 Å². The molecule has 0 aliphatic carbocycles. The monoisotopic (exact) mass is 459 g/mol. The van der Waals surface area contributed by atoms with E-state index in [4.69, 9.17) is 0 Å². The van der Waals surface area contributed by atoms with Crippen molar-refractivity contribution in [1.82, 2.24) is 4.98 Å². The van der Waals surface area contributed by atoms with Crippen LogP contribution in [0.3, 0.4) is 0 Å². The zero-order chi connectivity index (χ0) is 24.5. The summed E-state index contributed by atoms with van der Waals surface area (Å²) in [5.41, 5.74) is -1.06. The molecule has 0 saturated heterocycles. The lowest BCUT2D eigenvalue weighted by atomic mass is 9.98. The molecule has 3 aromatic rings. The number of para-hydroxylation sites is 1. The van der Waals surface area contributed by atoms with Gasteiger partial charge < -0.3 is 4.98 Å². The molecule has 1 nitrogen and oxygen atoms in total. The van der Waals surface area contributed by atoms with Crippen molar-refractivity contribution in [3.8, 4) is 11.3 Å². The number of fused-ring (bicyclic) bond motifs is 1. The van der Waals surface area contributed by atoms with Crippen molar-refractivity contribution in [3.63, 3.8) is 0 Å². The second-order valence-electron chi connectivity index (χ2n) is 7.07. The van der Waals surface area contributed by atoms with Crippen molar-refractivity contribution in [2.24, 2.45) is 0 Å². The predicted octanol–water partition coefficient (Wildman–Crippen LogP) is 9.66. The van der Waals surface area contributed by atoms with Crippen molar-refractivity contribution in [1.29, 1.82) is 0 Å². The van der Waals surface area contributed by atoms with E-state index in [2.05, 4.69) is 18.8 Å². The second kappa shape index (κ2) is 12.0. The Balaban J connectivity index is 0.000000769. The zero-order valence-electron chi connectivity index (χ0n) is 19.1. The summed E-state index contributed by atoms with van der Waals surface area (Å²) in [6.07, 6.45) is -5.85. The van der Waals surface area contributed by atoms with E-state index < -0.39 is 23.5 Å². The molecule has 0 bridgehead atoms. The molecule has 2 aromatic carbocycles. The van der Waals surface area contributed by atoms with Gasteiger partial charge in [0.2, 0.25) is 0 Å². The van der Waals surface area contributed by atoms with Gasteiger partial charge in [0.05, 0.1) is 11.1 Å². The fourth-order valence-corrected chi connectivity index (χ4v) is 3.06. The molecule has 0 aliphatic heterocycles. The maximum absolute atomic E-state index is 13.1. The van der Waals surface area contributed by atoms with E-state index in [0.717, 1.165) is 23.1 Å². The maximum atomic E-state index is 13.1. The van der Waals surface area contributed by atoms with Crippen LogP contribution >= 0.6 is 0 Å². The van der Waals surface area contributed by atoms with Gasteiger partial charge in [-0.15, -0.1) is 0 Å². The largest absolute Gasteiger partial charge is 0.416 e. The number of hydrogen-bond acceptors (Lipinski definition) is 0. The Labute approximate surface area is 185 Å². The third-order valence-electron chi connectivity index (χ3n) is 4.69. The maximum Gasteiger partial charge on any atom is 0.416 e. The molecule has 178 valence electrons. The Kier molecular flexibility index (Phi) is 10.3. The molecule has 0 unspecified atom stereocenters. The Morgan fingerprint density at radius 3 is 1.66 bits per heavy atom. The van der Waals surface area contributed by atoms with Gasteiger partial charge in [0.15, 0.2) is 0 Å². The van der Waals surface area contributed by atoms with Gasteiger partial charge in [0.1, 0.15) is 0 Å². The second-order valence-corrected chi connectivity index (χ2v) is 7.07. The molecule has 0 saturated carbocycles. The molecule has 1 heterocycles. The predicted molar refractivity (Wildman–Crippen MR) is 120 cm³/mol. The number of hydrogen-bond donors (Lipinski definition) is 1. The van der Waals surface area contributed by atoms with E-state index in [0.29, 0.717) is 24.1 Å². The van der Waals surface area contributed by atoms with Gasteiger partial charge in [-0.2, -0.15) is 26.3 Å². The first-order valence-corrected chi connectivity index (χ1v) is 10.9. The van der Waals surface area contributed by atoms with Gasteiger partial charge in [0.25, 0.3) is 0 Å². The number of alkyl halides is 6. The van der Waals surface area contributed by atoms with Gasteiger partial charge in [-0.05, 0) is 41.8 Å². The van der Waals surface area contributed by atoms with Crippen LogP contribution in [0.15, 0.2) is 42.5 Å². The number of halogens is 6. The lowest BCUT2D eigenvalue weighted by Crippen LogP contribution is -2.11. The summed E-state index contributed by atoms with van der Waals surface area (Å²) in [5, 5.41) is 0.801. The number of aromatic amines is 1. The highest BCUT2D eigenvalue weighted by atomic mass is 19.4. The Bertz CT molecular complexity index is 932. The van der Waals surface area contributed by atoms with Gasteiger partial charge in [0, 0.05) is 16.6 Å². The average Bonchev–Trinajstić information content (AvgIpc) is 3.13. The van der Waals surface area contributed by atoms with Crippen molar-refractivity contribution in [2.45, 2.75) is 72.7 Å². The highest BCUT2D eigenvalue weighted by Crippen LogP contribution is 2.40. The van der Waals surface area contributed by atoms with Gasteiger partial charge >= 0.3 is 12.4 Å². The summed E-state index contributed by atoms with van der Waals surface area (Å²) in [6, 6.07) is 8.76. The van der Waals surface area contributed by atoms with E-state index in [1.807, 2.05) is 20.8 Å². The summed E-state index contributed by atoms with van der Waals surface area (Å²) >= 11 is 0. The average molecular weight is 460 g/mol. The quantitative estimate of drug-likeness (QED) is 0.374. The lowest BCUT2D eigenvalue weighted by molar-refractivity contribution is -0.143. The van der Waals surface area contributed by atoms with Crippen molar-refractivity contribution >= 4 is 10.9 Å². The van der Waals surface area contributed by atoms with Crippen LogP contribution in [-0.2, 0) is 18.8 Å². The van der Waals surface area contributed by atoms with Crippen molar-refractivity contribution in [2.75, 3.05) is 0 Å². The van der Waals surface area contributed by atoms with Gasteiger partial charge in [-0.25, -0.2) is 0 Å². The lowest BCUT2D eigenvalue weighted by Gasteiger charge is -2.14. The van der Waals surface area contributed by atoms with Crippen LogP contribution in [0, 0.1) is 0 Å². The molecule has 7 heteroatoms. The standard InChI is InChI=1S/C19H15F6N.C4H10.C2H6/c1-2-5-15-14-6-3-4-7-16(14)26-17(15)11-8-12(18(20,21)22)10-13(9-11)19(23,24)25;1-3-4-2;1-2/h3-4,6-10,26H,2,5H2,1H3;3-4H2,1-2H3;1-2H3. The SMILES string of the molecule is CC.CCCC.CCCc1c(-c2cc(C(F)(F)F)cc(C(F)(F)F)c2)[nH]c2ccccc12. The van der Waals surface area contributed by atoms with Crippen LogP contribution in [0.5, 0.6) is 0 Å². The topological polar surface area (TPSA) is 15.8 Å². The van der Waals surface area contributed by atoms with Crippen LogP contribution < -0.4 is 0 Å². The molecule has 0 amide bonds. The number of rotatable bonds is 4. The van der Waals surface area contributed by atoms with E-state index in [1.54, 1.807) is 24.3 Å². The molecular formula is C25H31F6N. The van der Waals surface area contributed by atoms with Crippen LogP contribution in [0.25, 0.3) is 22.2 Å². The minimum absolute atomic E-state index is 0.119. The Hall–Kier alpha value is -2.44. The molecule has 0 radical (unpaired) electrons. The van der Waals surface area contributed by atoms with E-state index >= 15 is 0 Å². The number of nitrogens with one attached hydrogen (secondary N) is 1.